The number of nitrogens with zero attached hydrogens (tertiary/aromatic N) is 3. The molecule has 1 fully saturated rings. The highest BCUT2D eigenvalue weighted by molar-refractivity contribution is 6.33. The van der Waals surface area contributed by atoms with Crippen LogP contribution in [-0.4, -0.2) is 28.9 Å². The van der Waals surface area contributed by atoms with Gasteiger partial charge in [-0.05, 0) is 30.9 Å². The monoisotopic (exact) mass is 271 g/mol. The summed E-state index contributed by atoms with van der Waals surface area (Å²) >= 11 is 11.8. The van der Waals surface area contributed by atoms with Gasteiger partial charge in [-0.25, -0.2) is 9.97 Å². The van der Waals surface area contributed by atoms with Crippen molar-refractivity contribution in [1.82, 2.24) is 9.97 Å². The summed E-state index contributed by atoms with van der Waals surface area (Å²) < 4.78 is 5.74. The van der Waals surface area contributed by atoms with E-state index in [9.17, 15) is 0 Å². The predicted octanol–water partition coefficient (Wildman–Crippen LogP) is 2.83. The predicted molar refractivity (Wildman–Crippen MR) is 66.0 cm³/mol. The van der Waals surface area contributed by atoms with Gasteiger partial charge in [-0.2, -0.15) is 0 Å². The molecular weight excluding hydrogens is 261 g/mol. The molecule has 90 valence electrons. The summed E-state index contributed by atoms with van der Waals surface area (Å²) in [6.45, 7) is 0.790. The largest absolute Gasteiger partial charge is 0.376 e. The summed E-state index contributed by atoms with van der Waals surface area (Å²) in [7, 11) is 0. The quantitative estimate of drug-likeness (QED) is 0.583. The van der Waals surface area contributed by atoms with Crippen molar-refractivity contribution in [2.24, 2.45) is 4.99 Å². The van der Waals surface area contributed by atoms with Gasteiger partial charge in [-0.3, -0.25) is 4.99 Å². The summed E-state index contributed by atoms with van der Waals surface area (Å²) in [6.07, 6.45) is 5.09. The van der Waals surface area contributed by atoms with E-state index in [1.54, 1.807) is 6.21 Å². The third-order valence-corrected chi connectivity index (χ3v) is 3.57. The van der Waals surface area contributed by atoms with E-state index in [0.717, 1.165) is 30.7 Å². The molecule has 3 rings (SSSR count). The Morgan fingerprint density at radius 1 is 1.24 bits per heavy atom. The van der Waals surface area contributed by atoms with Crippen LogP contribution in [0.5, 0.6) is 0 Å². The van der Waals surface area contributed by atoms with Gasteiger partial charge >= 0.3 is 0 Å². The molecule has 17 heavy (non-hydrogen) atoms. The molecule has 0 aliphatic carbocycles. The molecule has 0 N–H and O–H groups in total. The first-order valence-electron chi connectivity index (χ1n) is 5.63. The summed E-state index contributed by atoms with van der Waals surface area (Å²) in [6, 6.07) is -0.0803. The van der Waals surface area contributed by atoms with Crippen molar-refractivity contribution >= 4 is 29.4 Å². The van der Waals surface area contributed by atoms with E-state index in [4.69, 9.17) is 27.9 Å². The van der Waals surface area contributed by atoms with Crippen molar-refractivity contribution in [2.75, 3.05) is 6.61 Å². The van der Waals surface area contributed by atoms with Crippen LogP contribution in [0.25, 0.3) is 0 Å². The molecule has 0 radical (unpaired) electrons. The minimum Gasteiger partial charge on any atom is -0.376 e. The van der Waals surface area contributed by atoms with E-state index in [-0.39, 0.29) is 17.4 Å². The molecule has 2 unspecified atom stereocenters. The number of halogens is 2. The maximum atomic E-state index is 6.01. The SMILES string of the molecule is Clc1nc(Cl)c2c(n1)C(C1CCCCO1)N=C2. The van der Waals surface area contributed by atoms with Gasteiger partial charge in [0.05, 0.1) is 17.4 Å². The Morgan fingerprint density at radius 3 is 2.88 bits per heavy atom. The average Bonchev–Trinajstić information content (AvgIpc) is 2.74. The minimum absolute atomic E-state index is 0.0803. The molecule has 0 spiro atoms. The molecule has 1 aromatic rings. The Labute approximate surface area is 109 Å². The molecule has 1 saturated heterocycles. The van der Waals surface area contributed by atoms with Crippen molar-refractivity contribution in [2.45, 2.75) is 31.4 Å². The fourth-order valence-corrected chi connectivity index (χ4v) is 2.73. The zero-order chi connectivity index (χ0) is 11.8. The lowest BCUT2D eigenvalue weighted by molar-refractivity contribution is 0.000485. The first-order valence-corrected chi connectivity index (χ1v) is 6.39. The molecule has 0 aromatic carbocycles. The van der Waals surface area contributed by atoms with E-state index >= 15 is 0 Å². The van der Waals surface area contributed by atoms with Crippen LogP contribution in [0.4, 0.5) is 0 Å². The fourth-order valence-electron chi connectivity index (χ4n) is 2.29. The molecule has 6 heteroatoms. The highest BCUT2D eigenvalue weighted by atomic mass is 35.5. The first-order chi connectivity index (χ1) is 8.25. The maximum Gasteiger partial charge on any atom is 0.224 e. The topological polar surface area (TPSA) is 47.4 Å². The van der Waals surface area contributed by atoms with Crippen molar-refractivity contribution in [3.05, 3.63) is 21.7 Å². The molecule has 0 saturated carbocycles. The van der Waals surface area contributed by atoms with Crippen LogP contribution in [-0.2, 0) is 4.74 Å². The Hall–Kier alpha value is -0.710. The van der Waals surface area contributed by atoms with Crippen LogP contribution in [0, 0.1) is 0 Å². The Balaban J connectivity index is 1.94. The second-order valence-electron chi connectivity index (χ2n) is 4.21. The normalized spacial score (nSPS) is 27.2. The Bertz CT molecular complexity index is 472. The summed E-state index contributed by atoms with van der Waals surface area (Å²) in [5, 5.41) is 0.530. The number of fused-ring (bicyclic) bond motifs is 1. The van der Waals surface area contributed by atoms with Crippen LogP contribution in [0.3, 0.4) is 0 Å². The molecule has 2 aliphatic rings. The van der Waals surface area contributed by atoms with Gasteiger partial charge in [0.25, 0.3) is 0 Å². The second kappa shape index (κ2) is 4.52. The van der Waals surface area contributed by atoms with E-state index in [0.29, 0.717) is 5.15 Å². The van der Waals surface area contributed by atoms with Gasteiger partial charge in [-0.15, -0.1) is 0 Å². The molecule has 2 atom stereocenters. The number of ether oxygens (including phenoxy) is 1. The minimum atomic E-state index is -0.0803. The second-order valence-corrected chi connectivity index (χ2v) is 4.91. The lowest BCUT2D eigenvalue weighted by Crippen LogP contribution is -2.25. The first kappa shape index (κ1) is 11.4. The molecule has 2 aliphatic heterocycles. The van der Waals surface area contributed by atoms with Gasteiger partial charge < -0.3 is 4.74 Å². The van der Waals surface area contributed by atoms with Crippen LogP contribution in [0.15, 0.2) is 4.99 Å². The van der Waals surface area contributed by atoms with E-state index < -0.39 is 0 Å². The maximum absolute atomic E-state index is 6.01. The zero-order valence-corrected chi connectivity index (χ0v) is 10.6. The molecule has 4 nitrogen and oxygen atoms in total. The van der Waals surface area contributed by atoms with Crippen molar-refractivity contribution in [3.8, 4) is 0 Å². The Morgan fingerprint density at radius 2 is 2.12 bits per heavy atom. The third-order valence-electron chi connectivity index (χ3n) is 3.11. The highest BCUT2D eigenvalue weighted by Crippen LogP contribution is 2.35. The molecule has 0 bridgehead atoms. The number of hydrogen-bond acceptors (Lipinski definition) is 4. The Kier molecular flexibility index (Phi) is 3.03. The van der Waals surface area contributed by atoms with E-state index in [2.05, 4.69) is 15.0 Å². The van der Waals surface area contributed by atoms with Gasteiger partial charge in [0, 0.05) is 12.8 Å². The third kappa shape index (κ3) is 2.05. The summed E-state index contributed by atoms with van der Waals surface area (Å²) in [5.74, 6) is 0. The van der Waals surface area contributed by atoms with Crippen molar-refractivity contribution in [3.63, 3.8) is 0 Å². The van der Waals surface area contributed by atoms with Crippen LogP contribution >= 0.6 is 23.2 Å². The number of hydrogen-bond donors (Lipinski definition) is 0. The van der Waals surface area contributed by atoms with Crippen molar-refractivity contribution < 1.29 is 4.74 Å². The smallest absolute Gasteiger partial charge is 0.224 e. The van der Waals surface area contributed by atoms with Gasteiger partial charge in [0.15, 0.2) is 0 Å². The van der Waals surface area contributed by atoms with Gasteiger partial charge in [0.2, 0.25) is 5.28 Å². The van der Waals surface area contributed by atoms with Crippen LogP contribution in [0.2, 0.25) is 10.4 Å². The van der Waals surface area contributed by atoms with Crippen LogP contribution in [0.1, 0.15) is 36.6 Å². The highest BCUT2D eigenvalue weighted by Gasteiger charge is 2.32. The lowest BCUT2D eigenvalue weighted by Gasteiger charge is -2.26. The lowest BCUT2D eigenvalue weighted by atomic mass is 10.00. The summed E-state index contributed by atoms with van der Waals surface area (Å²) in [5.41, 5.74) is 1.57. The van der Waals surface area contributed by atoms with Crippen LogP contribution < -0.4 is 0 Å². The van der Waals surface area contributed by atoms with E-state index in [1.165, 1.54) is 6.42 Å². The zero-order valence-electron chi connectivity index (χ0n) is 9.07. The van der Waals surface area contributed by atoms with Crippen molar-refractivity contribution in [1.29, 1.82) is 0 Å². The molecule has 1 aromatic heterocycles. The number of rotatable bonds is 1. The number of aliphatic imine (C=N–C) groups is 1. The standard InChI is InChI=1S/C11H11Cl2N3O/c12-10-6-5-14-9(7-3-1-2-4-17-7)8(6)15-11(13)16-10/h5,7,9H,1-4H2. The summed E-state index contributed by atoms with van der Waals surface area (Å²) in [4.78, 5) is 12.6. The van der Waals surface area contributed by atoms with Gasteiger partial charge in [-0.1, -0.05) is 11.6 Å². The van der Waals surface area contributed by atoms with Gasteiger partial charge in [0.1, 0.15) is 11.2 Å². The van der Waals surface area contributed by atoms with E-state index in [1.807, 2.05) is 0 Å². The molecule has 0 amide bonds. The fraction of sp³-hybridized carbons (Fsp3) is 0.545. The number of aromatic nitrogens is 2. The molecular formula is C11H11Cl2N3O. The average molecular weight is 272 g/mol. The molecule has 3 heterocycles.